The van der Waals surface area contributed by atoms with Crippen molar-refractivity contribution >= 4 is 16.9 Å². The summed E-state index contributed by atoms with van der Waals surface area (Å²) in [4.78, 5) is 17.3. The normalized spacial score (nSPS) is 15.7. The molecule has 0 radical (unpaired) electrons. The molecule has 1 fully saturated rings. The van der Waals surface area contributed by atoms with Crippen molar-refractivity contribution in [1.82, 2.24) is 14.9 Å². The van der Waals surface area contributed by atoms with Gasteiger partial charge >= 0.3 is 0 Å². The second-order valence-electron chi connectivity index (χ2n) is 6.13. The molecule has 0 bridgehead atoms. The monoisotopic (exact) mass is 323 g/mol. The standard InChI is InChI=1S/C19H18FN3O/c20-16-5-2-1-4-14(16)19(24)23-12-15(13-7-10-21-11-8-13)18-17(23)6-3-9-22-18/h1-6,9,12-13,21H,7-8,10-11H2. The van der Waals surface area contributed by atoms with Crippen LogP contribution in [0.1, 0.15) is 34.7 Å². The zero-order valence-corrected chi connectivity index (χ0v) is 13.2. The van der Waals surface area contributed by atoms with Crippen LogP contribution in [0.3, 0.4) is 0 Å². The van der Waals surface area contributed by atoms with Crippen molar-refractivity contribution in [3.63, 3.8) is 0 Å². The van der Waals surface area contributed by atoms with Gasteiger partial charge in [0, 0.05) is 12.4 Å². The molecule has 1 aromatic carbocycles. The van der Waals surface area contributed by atoms with Gasteiger partial charge in [0.2, 0.25) is 0 Å². The molecule has 24 heavy (non-hydrogen) atoms. The van der Waals surface area contributed by atoms with Crippen molar-refractivity contribution in [1.29, 1.82) is 0 Å². The summed E-state index contributed by atoms with van der Waals surface area (Å²) in [7, 11) is 0. The summed E-state index contributed by atoms with van der Waals surface area (Å²) in [5, 5.41) is 3.35. The van der Waals surface area contributed by atoms with Gasteiger partial charge in [0.05, 0.1) is 16.6 Å². The number of carbonyl (C=O) groups is 1. The fourth-order valence-corrected chi connectivity index (χ4v) is 3.45. The maximum absolute atomic E-state index is 14.0. The molecule has 4 rings (SSSR count). The fourth-order valence-electron chi connectivity index (χ4n) is 3.45. The molecular formula is C19H18FN3O. The molecule has 0 spiro atoms. The lowest BCUT2D eigenvalue weighted by Crippen LogP contribution is -2.26. The summed E-state index contributed by atoms with van der Waals surface area (Å²) in [6, 6.07) is 9.76. The van der Waals surface area contributed by atoms with Gasteiger partial charge in [0.15, 0.2) is 0 Å². The van der Waals surface area contributed by atoms with Crippen LogP contribution in [0.25, 0.3) is 11.0 Å². The molecule has 1 saturated heterocycles. The van der Waals surface area contributed by atoms with Crippen molar-refractivity contribution in [2.45, 2.75) is 18.8 Å². The lowest BCUT2D eigenvalue weighted by atomic mass is 9.91. The van der Waals surface area contributed by atoms with E-state index in [1.807, 2.05) is 12.3 Å². The van der Waals surface area contributed by atoms with Crippen LogP contribution in [0.2, 0.25) is 0 Å². The molecule has 0 aliphatic carbocycles. The molecule has 5 heteroatoms. The molecule has 3 heterocycles. The Kier molecular flexibility index (Phi) is 3.86. The molecule has 2 aromatic heterocycles. The first-order valence-electron chi connectivity index (χ1n) is 8.21. The van der Waals surface area contributed by atoms with E-state index in [4.69, 9.17) is 0 Å². The van der Waals surface area contributed by atoms with E-state index in [9.17, 15) is 9.18 Å². The maximum Gasteiger partial charge on any atom is 0.265 e. The van der Waals surface area contributed by atoms with E-state index < -0.39 is 5.82 Å². The Hall–Kier alpha value is -2.53. The second kappa shape index (κ2) is 6.17. The van der Waals surface area contributed by atoms with Gasteiger partial charge in [0.25, 0.3) is 5.91 Å². The number of carbonyl (C=O) groups excluding carboxylic acids is 1. The Labute approximate surface area is 139 Å². The summed E-state index contributed by atoms with van der Waals surface area (Å²) >= 11 is 0. The number of nitrogens with zero attached hydrogens (tertiary/aromatic N) is 2. The third-order valence-corrected chi connectivity index (χ3v) is 4.69. The van der Waals surface area contributed by atoms with Gasteiger partial charge in [-0.15, -0.1) is 0 Å². The third-order valence-electron chi connectivity index (χ3n) is 4.69. The number of piperidine rings is 1. The minimum absolute atomic E-state index is 0.0788. The van der Waals surface area contributed by atoms with Gasteiger partial charge in [-0.25, -0.2) is 4.39 Å². The first kappa shape index (κ1) is 15.0. The number of pyridine rings is 1. The maximum atomic E-state index is 14.0. The molecule has 3 aromatic rings. The number of hydrogen-bond donors (Lipinski definition) is 1. The van der Waals surface area contributed by atoms with Crippen LogP contribution in [0.5, 0.6) is 0 Å². The first-order valence-corrected chi connectivity index (χ1v) is 8.21. The van der Waals surface area contributed by atoms with Gasteiger partial charge in [0.1, 0.15) is 5.82 Å². The van der Waals surface area contributed by atoms with Crippen LogP contribution in [0, 0.1) is 5.82 Å². The molecule has 1 aliphatic rings. The van der Waals surface area contributed by atoms with Crippen LogP contribution < -0.4 is 5.32 Å². The lowest BCUT2D eigenvalue weighted by molar-refractivity contribution is 0.0960. The Morgan fingerprint density at radius 1 is 1.17 bits per heavy atom. The van der Waals surface area contributed by atoms with Crippen LogP contribution in [0.15, 0.2) is 48.8 Å². The van der Waals surface area contributed by atoms with Gasteiger partial charge in [-0.1, -0.05) is 12.1 Å². The SMILES string of the molecule is O=C(c1ccccc1F)n1cc(C2CCNCC2)c2ncccc21. The Balaban J connectivity index is 1.84. The fraction of sp³-hybridized carbons (Fsp3) is 0.263. The highest BCUT2D eigenvalue weighted by Gasteiger charge is 2.24. The molecule has 4 nitrogen and oxygen atoms in total. The van der Waals surface area contributed by atoms with Crippen molar-refractivity contribution in [2.75, 3.05) is 13.1 Å². The second-order valence-corrected chi connectivity index (χ2v) is 6.13. The summed E-state index contributed by atoms with van der Waals surface area (Å²) in [6.45, 7) is 1.93. The van der Waals surface area contributed by atoms with Gasteiger partial charge in [-0.3, -0.25) is 14.3 Å². The predicted octanol–water partition coefficient (Wildman–Crippen LogP) is 3.33. The van der Waals surface area contributed by atoms with Crippen LogP contribution in [-0.4, -0.2) is 28.5 Å². The molecule has 0 unspecified atom stereocenters. The average molecular weight is 323 g/mol. The number of rotatable bonds is 2. The molecule has 0 saturated carbocycles. The zero-order chi connectivity index (χ0) is 16.5. The van der Waals surface area contributed by atoms with Crippen molar-refractivity contribution in [3.05, 3.63) is 65.7 Å². The molecule has 0 atom stereocenters. The molecule has 122 valence electrons. The number of aromatic nitrogens is 2. The highest BCUT2D eigenvalue weighted by Crippen LogP contribution is 2.32. The Bertz CT molecular complexity index is 897. The van der Waals surface area contributed by atoms with Crippen molar-refractivity contribution in [3.8, 4) is 0 Å². The van der Waals surface area contributed by atoms with Gasteiger partial charge < -0.3 is 5.32 Å². The first-order chi connectivity index (χ1) is 11.8. The van der Waals surface area contributed by atoms with E-state index in [0.29, 0.717) is 5.92 Å². The van der Waals surface area contributed by atoms with E-state index in [1.54, 1.807) is 24.4 Å². The Morgan fingerprint density at radius 3 is 2.75 bits per heavy atom. The van der Waals surface area contributed by atoms with E-state index >= 15 is 0 Å². The van der Waals surface area contributed by atoms with Crippen molar-refractivity contribution in [2.24, 2.45) is 0 Å². The van der Waals surface area contributed by atoms with Crippen molar-refractivity contribution < 1.29 is 9.18 Å². The number of fused-ring (bicyclic) bond motifs is 1. The summed E-state index contributed by atoms with van der Waals surface area (Å²) in [6.07, 6.45) is 5.63. The predicted molar refractivity (Wildman–Crippen MR) is 90.7 cm³/mol. The van der Waals surface area contributed by atoms with E-state index in [0.717, 1.165) is 42.5 Å². The van der Waals surface area contributed by atoms with Crippen LogP contribution >= 0.6 is 0 Å². The van der Waals surface area contributed by atoms with Gasteiger partial charge in [-0.05, 0) is 61.7 Å². The minimum Gasteiger partial charge on any atom is -0.317 e. The molecule has 1 aliphatic heterocycles. The zero-order valence-electron chi connectivity index (χ0n) is 13.2. The Morgan fingerprint density at radius 2 is 1.96 bits per heavy atom. The average Bonchev–Trinajstić information content (AvgIpc) is 3.02. The van der Waals surface area contributed by atoms with Crippen LogP contribution in [-0.2, 0) is 0 Å². The largest absolute Gasteiger partial charge is 0.317 e. The van der Waals surface area contributed by atoms with E-state index in [2.05, 4.69) is 10.3 Å². The minimum atomic E-state index is -0.503. The molecular weight excluding hydrogens is 305 g/mol. The summed E-state index contributed by atoms with van der Waals surface area (Å²) in [5.74, 6) is -0.485. The van der Waals surface area contributed by atoms with Crippen LogP contribution in [0.4, 0.5) is 4.39 Å². The van der Waals surface area contributed by atoms with E-state index in [1.165, 1.54) is 16.7 Å². The smallest absolute Gasteiger partial charge is 0.265 e. The summed E-state index contributed by atoms with van der Waals surface area (Å²) in [5.41, 5.74) is 2.74. The topological polar surface area (TPSA) is 46.9 Å². The van der Waals surface area contributed by atoms with E-state index in [-0.39, 0.29) is 11.5 Å². The number of benzene rings is 1. The lowest BCUT2D eigenvalue weighted by Gasteiger charge is -2.21. The highest BCUT2D eigenvalue weighted by atomic mass is 19.1. The van der Waals surface area contributed by atoms with Gasteiger partial charge in [-0.2, -0.15) is 0 Å². The highest BCUT2D eigenvalue weighted by molar-refractivity contribution is 6.02. The molecule has 1 N–H and O–H groups in total. The number of nitrogens with one attached hydrogen (secondary N) is 1. The summed E-state index contributed by atoms with van der Waals surface area (Å²) < 4.78 is 15.6. The molecule has 0 amide bonds. The number of hydrogen-bond acceptors (Lipinski definition) is 3. The quantitative estimate of drug-likeness (QED) is 0.787. The third kappa shape index (κ3) is 2.51. The number of halogens is 1.